The Hall–Kier alpha value is -1.69. The fourth-order valence-electron chi connectivity index (χ4n) is 2.14. The molecule has 0 atom stereocenters. The van der Waals surface area contributed by atoms with Gasteiger partial charge in [-0.25, -0.2) is 0 Å². The van der Waals surface area contributed by atoms with Gasteiger partial charge in [0.1, 0.15) is 0 Å². The summed E-state index contributed by atoms with van der Waals surface area (Å²) in [4.78, 5) is 0. The van der Waals surface area contributed by atoms with Gasteiger partial charge in [-0.2, -0.15) is 5.26 Å². The number of benzene rings is 1. The van der Waals surface area contributed by atoms with E-state index in [1.54, 1.807) is 0 Å². The standard InChI is InChI=1S/C14H17NO2/c1-3-14(4-2,9-15)8-11-5-6-12-13(7-11)17-10-16-12/h5-7H,3-4,8,10H2,1-2H3. The van der Waals surface area contributed by atoms with E-state index in [0.29, 0.717) is 6.79 Å². The fraction of sp³-hybridized carbons (Fsp3) is 0.500. The van der Waals surface area contributed by atoms with Gasteiger partial charge in [0.05, 0.1) is 11.5 Å². The van der Waals surface area contributed by atoms with Crippen LogP contribution < -0.4 is 9.47 Å². The van der Waals surface area contributed by atoms with Gasteiger partial charge in [-0.3, -0.25) is 0 Å². The third-order valence-corrected chi connectivity index (χ3v) is 3.57. The summed E-state index contributed by atoms with van der Waals surface area (Å²) < 4.78 is 10.6. The van der Waals surface area contributed by atoms with E-state index in [-0.39, 0.29) is 5.41 Å². The summed E-state index contributed by atoms with van der Waals surface area (Å²) in [6, 6.07) is 8.39. The first kappa shape index (κ1) is 11.8. The molecule has 2 rings (SSSR count). The summed E-state index contributed by atoms with van der Waals surface area (Å²) in [5.41, 5.74) is 0.882. The van der Waals surface area contributed by atoms with E-state index in [0.717, 1.165) is 36.3 Å². The van der Waals surface area contributed by atoms with Crippen molar-refractivity contribution in [2.45, 2.75) is 33.1 Å². The maximum atomic E-state index is 9.33. The van der Waals surface area contributed by atoms with Gasteiger partial charge in [-0.05, 0) is 37.0 Å². The monoisotopic (exact) mass is 231 g/mol. The molecule has 0 fully saturated rings. The van der Waals surface area contributed by atoms with Crippen LogP contribution in [0, 0.1) is 16.7 Å². The smallest absolute Gasteiger partial charge is 0.231 e. The largest absolute Gasteiger partial charge is 0.454 e. The second-order valence-electron chi connectivity index (χ2n) is 4.46. The summed E-state index contributed by atoms with van der Waals surface area (Å²) in [6.07, 6.45) is 2.51. The molecule has 0 unspecified atom stereocenters. The Balaban J connectivity index is 2.21. The molecule has 1 aliphatic rings. The van der Waals surface area contributed by atoms with Crippen molar-refractivity contribution in [1.29, 1.82) is 5.26 Å². The molecule has 1 heterocycles. The van der Waals surface area contributed by atoms with Crippen LogP contribution in [-0.2, 0) is 6.42 Å². The number of rotatable bonds is 4. The molecule has 3 heteroatoms. The number of hydrogen-bond acceptors (Lipinski definition) is 3. The summed E-state index contributed by atoms with van der Waals surface area (Å²) >= 11 is 0. The van der Waals surface area contributed by atoms with Crippen molar-refractivity contribution in [2.75, 3.05) is 6.79 Å². The van der Waals surface area contributed by atoms with E-state index in [1.165, 1.54) is 0 Å². The molecule has 1 aromatic rings. The molecule has 0 saturated heterocycles. The third kappa shape index (κ3) is 2.21. The van der Waals surface area contributed by atoms with Crippen LogP contribution in [0.2, 0.25) is 0 Å². The van der Waals surface area contributed by atoms with Crippen LogP contribution in [0.1, 0.15) is 32.3 Å². The molecule has 0 amide bonds. The molecule has 0 bridgehead atoms. The highest BCUT2D eigenvalue weighted by molar-refractivity contribution is 5.44. The highest BCUT2D eigenvalue weighted by atomic mass is 16.7. The summed E-state index contributed by atoms with van der Waals surface area (Å²) in [5.74, 6) is 1.59. The zero-order valence-corrected chi connectivity index (χ0v) is 10.3. The van der Waals surface area contributed by atoms with Crippen molar-refractivity contribution in [3.05, 3.63) is 23.8 Å². The zero-order chi connectivity index (χ0) is 12.3. The molecule has 90 valence electrons. The van der Waals surface area contributed by atoms with Crippen molar-refractivity contribution in [1.82, 2.24) is 0 Å². The maximum Gasteiger partial charge on any atom is 0.231 e. The quantitative estimate of drug-likeness (QED) is 0.798. The van der Waals surface area contributed by atoms with Gasteiger partial charge in [-0.15, -0.1) is 0 Å². The van der Waals surface area contributed by atoms with Gasteiger partial charge in [0.25, 0.3) is 0 Å². The van der Waals surface area contributed by atoms with Gasteiger partial charge < -0.3 is 9.47 Å². The van der Waals surface area contributed by atoms with Crippen molar-refractivity contribution in [2.24, 2.45) is 5.41 Å². The number of ether oxygens (including phenoxy) is 2. The first-order valence-electron chi connectivity index (χ1n) is 6.03. The maximum absolute atomic E-state index is 9.33. The van der Waals surface area contributed by atoms with E-state index in [9.17, 15) is 5.26 Å². The average Bonchev–Trinajstić information content (AvgIpc) is 2.83. The van der Waals surface area contributed by atoms with Crippen LogP contribution in [0.5, 0.6) is 11.5 Å². The van der Waals surface area contributed by atoms with E-state index >= 15 is 0 Å². The van der Waals surface area contributed by atoms with Crippen LogP contribution in [0.3, 0.4) is 0 Å². The van der Waals surface area contributed by atoms with E-state index in [2.05, 4.69) is 19.9 Å². The lowest BCUT2D eigenvalue weighted by molar-refractivity contribution is 0.174. The van der Waals surface area contributed by atoms with Gasteiger partial charge >= 0.3 is 0 Å². The minimum absolute atomic E-state index is 0.256. The molecule has 0 N–H and O–H groups in total. The molecule has 0 spiro atoms. The Bertz CT molecular complexity index is 444. The van der Waals surface area contributed by atoms with Crippen LogP contribution in [-0.4, -0.2) is 6.79 Å². The van der Waals surface area contributed by atoms with Crippen molar-refractivity contribution in [3.63, 3.8) is 0 Å². The SMILES string of the molecule is CCC(C#N)(CC)Cc1ccc2c(c1)OCO2. The summed E-state index contributed by atoms with van der Waals surface area (Å²) in [5, 5.41) is 9.33. The highest BCUT2D eigenvalue weighted by Crippen LogP contribution is 2.36. The van der Waals surface area contributed by atoms with Crippen LogP contribution >= 0.6 is 0 Å². The van der Waals surface area contributed by atoms with Crippen molar-refractivity contribution >= 4 is 0 Å². The molecule has 0 saturated carbocycles. The number of fused-ring (bicyclic) bond motifs is 1. The molecule has 1 aromatic carbocycles. The molecule has 1 aliphatic heterocycles. The van der Waals surface area contributed by atoms with Gasteiger partial charge in [0, 0.05) is 0 Å². The Morgan fingerprint density at radius 1 is 1.24 bits per heavy atom. The van der Waals surface area contributed by atoms with Crippen molar-refractivity contribution in [3.8, 4) is 17.6 Å². The van der Waals surface area contributed by atoms with Crippen LogP contribution in [0.25, 0.3) is 0 Å². The molecule has 17 heavy (non-hydrogen) atoms. The Morgan fingerprint density at radius 3 is 2.59 bits per heavy atom. The number of nitriles is 1. The van der Waals surface area contributed by atoms with E-state index in [1.807, 2.05) is 18.2 Å². The second-order valence-corrected chi connectivity index (χ2v) is 4.46. The lowest BCUT2D eigenvalue weighted by atomic mass is 9.78. The Labute approximate surface area is 102 Å². The normalized spacial score (nSPS) is 13.5. The molecular weight excluding hydrogens is 214 g/mol. The average molecular weight is 231 g/mol. The van der Waals surface area contributed by atoms with E-state index < -0.39 is 0 Å². The van der Waals surface area contributed by atoms with Gasteiger partial charge in [-0.1, -0.05) is 19.9 Å². The Morgan fingerprint density at radius 2 is 1.94 bits per heavy atom. The van der Waals surface area contributed by atoms with Crippen LogP contribution in [0.15, 0.2) is 18.2 Å². The third-order valence-electron chi connectivity index (χ3n) is 3.57. The molecule has 3 nitrogen and oxygen atoms in total. The van der Waals surface area contributed by atoms with E-state index in [4.69, 9.17) is 9.47 Å². The minimum Gasteiger partial charge on any atom is -0.454 e. The van der Waals surface area contributed by atoms with Gasteiger partial charge in [0.15, 0.2) is 11.5 Å². The number of nitrogens with zero attached hydrogens (tertiary/aromatic N) is 1. The Kier molecular flexibility index (Phi) is 3.23. The highest BCUT2D eigenvalue weighted by Gasteiger charge is 2.27. The van der Waals surface area contributed by atoms with Crippen molar-refractivity contribution < 1.29 is 9.47 Å². The fourth-order valence-corrected chi connectivity index (χ4v) is 2.14. The van der Waals surface area contributed by atoms with Crippen LogP contribution in [0.4, 0.5) is 0 Å². The molecule has 0 radical (unpaired) electrons. The first-order chi connectivity index (χ1) is 8.23. The first-order valence-corrected chi connectivity index (χ1v) is 6.03. The summed E-state index contributed by atoms with van der Waals surface area (Å²) in [6.45, 7) is 4.43. The molecule has 0 aliphatic carbocycles. The topological polar surface area (TPSA) is 42.2 Å². The predicted octanol–water partition coefficient (Wildman–Crippen LogP) is 3.29. The lowest BCUT2D eigenvalue weighted by Gasteiger charge is -2.23. The molecular formula is C14H17NO2. The second kappa shape index (κ2) is 4.67. The predicted molar refractivity (Wildman–Crippen MR) is 64.9 cm³/mol. The molecule has 0 aromatic heterocycles. The number of hydrogen-bond donors (Lipinski definition) is 0. The summed E-state index contributed by atoms with van der Waals surface area (Å²) in [7, 11) is 0. The van der Waals surface area contributed by atoms with Gasteiger partial charge in [0.2, 0.25) is 6.79 Å². The lowest BCUT2D eigenvalue weighted by Crippen LogP contribution is -2.19. The minimum atomic E-state index is -0.256. The zero-order valence-electron chi connectivity index (χ0n) is 10.3.